The molecular weight excluding hydrogens is 260 g/mol. The van der Waals surface area contributed by atoms with Crippen LogP contribution in [0.2, 0.25) is 0 Å². The van der Waals surface area contributed by atoms with Crippen LogP contribution in [0.1, 0.15) is 25.0 Å². The first-order valence-electron chi connectivity index (χ1n) is 7.34. The molecule has 1 aliphatic rings. The number of nitrogens with zero attached hydrogens (tertiary/aromatic N) is 3. The molecule has 0 amide bonds. The molecule has 0 saturated carbocycles. The van der Waals surface area contributed by atoms with Gasteiger partial charge in [0.25, 0.3) is 0 Å². The molecule has 21 heavy (non-hydrogen) atoms. The fourth-order valence-corrected chi connectivity index (χ4v) is 2.65. The Morgan fingerprint density at radius 3 is 2.67 bits per heavy atom. The minimum Gasteiger partial charge on any atom is -0.371 e. The van der Waals surface area contributed by atoms with Crippen LogP contribution in [0.15, 0.2) is 42.5 Å². The minimum atomic E-state index is 0.423. The maximum Gasteiger partial charge on any atom is 0.142 e. The number of hydrogen-bond acceptors (Lipinski definition) is 4. The van der Waals surface area contributed by atoms with Gasteiger partial charge in [-0.15, -0.1) is 0 Å². The molecule has 1 aromatic carbocycles. The fourth-order valence-electron chi connectivity index (χ4n) is 2.65. The fraction of sp³-hybridized carbons (Fsp3) is 0.294. The highest BCUT2D eigenvalue weighted by atomic mass is 15.1. The highest BCUT2D eigenvalue weighted by Gasteiger charge is 2.11. The van der Waals surface area contributed by atoms with E-state index in [9.17, 15) is 0 Å². The van der Waals surface area contributed by atoms with Crippen molar-refractivity contribution in [2.75, 3.05) is 23.3 Å². The second kappa shape index (κ2) is 6.27. The zero-order chi connectivity index (χ0) is 14.5. The zero-order valence-corrected chi connectivity index (χ0v) is 11.9. The highest BCUT2D eigenvalue weighted by Crippen LogP contribution is 2.24. The second-order valence-electron chi connectivity index (χ2n) is 5.24. The molecule has 2 aromatic rings. The van der Waals surface area contributed by atoms with Gasteiger partial charge in [-0.1, -0.05) is 12.1 Å². The lowest BCUT2D eigenvalue weighted by Crippen LogP contribution is -2.29. The number of anilines is 3. The molecular formula is C17H18N4. The third-order valence-corrected chi connectivity index (χ3v) is 3.70. The van der Waals surface area contributed by atoms with Crippen molar-refractivity contribution < 1.29 is 0 Å². The van der Waals surface area contributed by atoms with Crippen molar-refractivity contribution in [1.82, 2.24) is 4.98 Å². The Balaban J connectivity index is 1.77. The van der Waals surface area contributed by atoms with E-state index in [4.69, 9.17) is 5.26 Å². The van der Waals surface area contributed by atoms with Gasteiger partial charge in [-0.25, -0.2) is 4.98 Å². The summed E-state index contributed by atoms with van der Waals surface area (Å²) in [5, 5.41) is 12.2. The van der Waals surface area contributed by atoms with E-state index in [1.54, 1.807) is 6.07 Å². The van der Waals surface area contributed by atoms with Crippen molar-refractivity contribution >= 4 is 17.2 Å². The number of nitrogens with one attached hydrogen (secondary N) is 1. The van der Waals surface area contributed by atoms with Crippen LogP contribution in [0.5, 0.6) is 0 Å². The van der Waals surface area contributed by atoms with Crippen LogP contribution >= 0.6 is 0 Å². The summed E-state index contributed by atoms with van der Waals surface area (Å²) in [6.07, 6.45) is 3.87. The van der Waals surface area contributed by atoms with Crippen LogP contribution in [-0.2, 0) is 0 Å². The van der Waals surface area contributed by atoms with Gasteiger partial charge in [0.1, 0.15) is 17.6 Å². The van der Waals surface area contributed by atoms with E-state index >= 15 is 0 Å². The van der Waals surface area contributed by atoms with Crippen LogP contribution in [0.25, 0.3) is 0 Å². The number of piperidine rings is 1. The molecule has 0 atom stereocenters. The first-order valence-corrected chi connectivity index (χ1v) is 7.34. The van der Waals surface area contributed by atoms with E-state index in [0.717, 1.165) is 18.8 Å². The summed E-state index contributed by atoms with van der Waals surface area (Å²) in [7, 11) is 0. The van der Waals surface area contributed by atoms with Crippen molar-refractivity contribution in [3.63, 3.8) is 0 Å². The predicted molar refractivity (Wildman–Crippen MR) is 84.7 cm³/mol. The van der Waals surface area contributed by atoms with E-state index in [0.29, 0.717) is 11.5 Å². The summed E-state index contributed by atoms with van der Waals surface area (Å²) in [4.78, 5) is 6.67. The molecule has 0 bridgehead atoms. The summed E-state index contributed by atoms with van der Waals surface area (Å²) in [6, 6.07) is 15.8. The number of pyridine rings is 1. The molecule has 1 fully saturated rings. The van der Waals surface area contributed by atoms with Crippen molar-refractivity contribution in [2.45, 2.75) is 19.3 Å². The number of nitriles is 1. The summed E-state index contributed by atoms with van der Waals surface area (Å²) in [6.45, 7) is 2.26. The molecule has 4 heteroatoms. The minimum absolute atomic E-state index is 0.423. The Labute approximate surface area is 125 Å². The molecule has 4 nitrogen and oxygen atoms in total. The maximum atomic E-state index is 8.90. The van der Waals surface area contributed by atoms with E-state index in [1.807, 2.05) is 18.2 Å². The third-order valence-electron chi connectivity index (χ3n) is 3.70. The summed E-state index contributed by atoms with van der Waals surface area (Å²) < 4.78 is 0. The van der Waals surface area contributed by atoms with Crippen LogP contribution in [0.3, 0.4) is 0 Å². The largest absolute Gasteiger partial charge is 0.371 e. The number of benzene rings is 1. The highest BCUT2D eigenvalue weighted by molar-refractivity contribution is 5.63. The third kappa shape index (κ3) is 3.32. The second-order valence-corrected chi connectivity index (χ2v) is 5.24. The normalized spacial score (nSPS) is 14.5. The van der Waals surface area contributed by atoms with Crippen LogP contribution in [0.4, 0.5) is 17.2 Å². The molecule has 3 rings (SSSR count). The standard InChI is InChI=1S/C17H18N4/c18-13-15-7-5-9-17(20-15)19-14-6-4-8-16(12-14)21-10-2-1-3-11-21/h4-9,12H,1-3,10-11H2,(H,19,20). The molecule has 0 radical (unpaired) electrons. The Kier molecular flexibility index (Phi) is 4.02. The lowest BCUT2D eigenvalue weighted by Gasteiger charge is -2.29. The van der Waals surface area contributed by atoms with Gasteiger partial charge >= 0.3 is 0 Å². The van der Waals surface area contributed by atoms with Gasteiger partial charge in [-0.3, -0.25) is 0 Å². The number of hydrogen-bond donors (Lipinski definition) is 1. The Morgan fingerprint density at radius 1 is 1.05 bits per heavy atom. The lowest BCUT2D eigenvalue weighted by atomic mass is 10.1. The summed E-state index contributed by atoms with van der Waals surface area (Å²) in [5.74, 6) is 0.699. The van der Waals surface area contributed by atoms with E-state index < -0.39 is 0 Å². The maximum absolute atomic E-state index is 8.90. The molecule has 0 spiro atoms. The van der Waals surface area contributed by atoms with E-state index in [2.05, 4.69) is 39.5 Å². The monoisotopic (exact) mass is 278 g/mol. The SMILES string of the molecule is N#Cc1cccc(Nc2cccc(N3CCCCC3)c2)n1. The Bertz CT molecular complexity index is 654. The van der Waals surface area contributed by atoms with Gasteiger partial charge < -0.3 is 10.2 Å². The lowest BCUT2D eigenvalue weighted by molar-refractivity contribution is 0.578. The molecule has 0 unspecified atom stereocenters. The molecule has 2 heterocycles. The Morgan fingerprint density at radius 2 is 1.86 bits per heavy atom. The van der Waals surface area contributed by atoms with E-state index in [1.165, 1.54) is 24.9 Å². The first kappa shape index (κ1) is 13.4. The Hall–Kier alpha value is -2.54. The van der Waals surface area contributed by atoms with Crippen molar-refractivity contribution in [2.24, 2.45) is 0 Å². The van der Waals surface area contributed by atoms with Gasteiger partial charge in [0.15, 0.2) is 0 Å². The van der Waals surface area contributed by atoms with Gasteiger partial charge in [0, 0.05) is 24.5 Å². The van der Waals surface area contributed by atoms with Crippen LogP contribution in [0, 0.1) is 11.3 Å². The van der Waals surface area contributed by atoms with Gasteiger partial charge in [0.2, 0.25) is 0 Å². The molecule has 1 N–H and O–H groups in total. The molecule has 1 aliphatic heterocycles. The topological polar surface area (TPSA) is 52.0 Å². The first-order chi connectivity index (χ1) is 10.3. The number of aromatic nitrogens is 1. The van der Waals surface area contributed by atoms with Gasteiger partial charge in [0.05, 0.1) is 0 Å². The smallest absolute Gasteiger partial charge is 0.142 e. The van der Waals surface area contributed by atoms with Gasteiger partial charge in [-0.05, 0) is 49.6 Å². The predicted octanol–water partition coefficient (Wildman–Crippen LogP) is 3.69. The van der Waals surface area contributed by atoms with Crippen LogP contribution < -0.4 is 10.2 Å². The summed E-state index contributed by atoms with van der Waals surface area (Å²) >= 11 is 0. The van der Waals surface area contributed by atoms with Crippen LogP contribution in [-0.4, -0.2) is 18.1 Å². The van der Waals surface area contributed by atoms with Crippen molar-refractivity contribution in [3.05, 3.63) is 48.2 Å². The summed E-state index contributed by atoms with van der Waals surface area (Å²) in [5.41, 5.74) is 2.67. The van der Waals surface area contributed by atoms with Crippen molar-refractivity contribution in [1.29, 1.82) is 5.26 Å². The average Bonchev–Trinajstić information content (AvgIpc) is 2.56. The van der Waals surface area contributed by atoms with Gasteiger partial charge in [-0.2, -0.15) is 5.26 Å². The molecule has 1 saturated heterocycles. The molecule has 1 aromatic heterocycles. The number of rotatable bonds is 3. The molecule has 0 aliphatic carbocycles. The van der Waals surface area contributed by atoms with E-state index in [-0.39, 0.29) is 0 Å². The van der Waals surface area contributed by atoms with Crippen molar-refractivity contribution in [3.8, 4) is 6.07 Å². The average molecular weight is 278 g/mol. The zero-order valence-electron chi connectivity index (χ0n) is 11.9. The quantitative estimate of drug-likeness (QED) is 0.930. The molecule has 106 valence electrons.